The van der Waals surface area contributed by atoms with Crippen LogP contribution in [0.1, 0.15) is 17.1 Å². The average molecular weight is 524 g/mol. The summed E-state index contributed by atoms with van der Waals surface area (Å²) in [6.45, 7) is 0.392. The van der Waals surface area contributed by atoms with Crippen LogP contribution in [0.5, 0.6) is 5.75 Å². The number of fused-ring (bicyclic) bond motifs is 1. The van der Waals surface area contributed by atoms with Gasteiger partial charge in [0.25, 0.3) is 5.56 Å². The number of ether oxygens (including phenoxy) is 1. The summed E-state index contributed by atoms with van der Waals surface area (Å²) in [7, 11) is 1.55. The number of rotatable bonds is 6. The van der Waals surface area contributed by atoms with E-state index in [0.717, 1.165) is 0 Å². The molecule has 3 heterocycles. The highest BCUT2D eigenvalue weighted by atomic mass is 35.5. The second-order valence-electron chi connectivity index (χ2n) is 8.10. The molecule has 0 unspecified atom stereocenters. The lowest BCUT2D eigenvalue weighted by atomic mass is 10.2. The van der Waals surface area contributed by atoms with Gasteiger partial charge in [-0.1, -0.05) is 41.8 Å². The first kappa shape index (κ1) is 24.7. The molecule has 9 nitrogen and oxygen atoms in total. The first-order valence-corrected chi connectivity index (χ1v) is 12.1. The first-order valence-electron chi connectivity index (χ1n) is 11.7. The van der Waals surface area contributed by atoms with E-state index in [4.69, 9.17) is 27.1 Å². The normalized spacial score (nSPS) is 10.6. The fourth-order valence-electron chi connectivity index (χ4n) is 3.97. The Morgan fingerprint density at radius 3 is 2.68 bits per heavy atom. The van der Waals surface area contributed by atoms with E-state index in [9.17, 15) is 4.79 Å². The summed E-state index contributed by atoms with van der Waals surface area (Å²) < 4.78 is 6.90. The zero-order valence-electron chi connectivity index (χ0n) is 20.4. The number of benzene rings is 2. The molecule has 5 rings (SSSR count). The van der Waals surface area contributed by atoms with E-state index < -0.39 is 0 Å². The molecule has 3 N–H and O–H groups in total. The van der Waals surface area contributed by atoms with Crippen molar-refractivity contribution >= 4 is 34.1 Å². The zero-order chi connectivity index (χ0) is 26.5. The molecular weight excluding hydrogens is 502 g/mol. The maximum Gasteiger partial charge on any atom is 0.267 e. The quantitative estimate of drug-likeness (QED) is 0.322. The first-order chi connectivity index (χ1) is 18.6. The molecule has 0 saturated carbocycles. The lowest BCUT2D eigenvalue weighted by Gasteiger charge is -2.15. The SMILES string of the molecule is COc1cccnc1C#Cc1c(N)ncnc1NCCc1nc2cccc(Cl)c2c(=O)n1-c1ccccc1. The molecule has 0 bridgehead atoms. The average Bonchev–Trinajstić information content (AvgIpc) is 2.93. The number of halogens is 1. The molecule has 0 aliphatic rings. The number of pyridine rings is 1. The second kappa shape index (κ2) is 11.0. The van der Waals surface area contributed by atoms with Crippen LogP contribution in [0.25, 0.3) is 16.6 Å². The van der Waals surface area contributed by atoms with Crippen molar-refractivity contribution in [2.24, 2.45) is 0 Å². The summed E-state index contributed by atoms with van der Waals surface area (Å²) in [6.07, 6.45) is 3.39. The lowest BCUT2D eigenvalue weighted by molar-refractivity contribution is 0.411. The maximum atomic E-state index is 13.5. The molecule has 38 heavy (non-hydrogen) atoms. The molecule has 3 aromatic heterocycles. The number of nitrogen functional groups attached to an aromatic ring is 1. The van der Waals surface area contributed by atoms with Crippen molar-refractivity contribution in [2.75, 3.05) is 24.7 Å². The third-order valence-corrected chi connectivity index (χ3v) is 6.06. The van der Waals surface area contributed by atoms with Gasteiger partial charge in [-0.05, 0) is 42.3 Å². The Morgan fingerprint density at radius 2 is 1.87 bits per heavy atom. The predicted molar refractivity (Wildman–Crippen MR) is 148 cm³/mol. The van der Waals surface area contributed by atoms with Gasteiger partial charge in [0, 0.05) is 19.2 Å². The van der Waals surface area contributed by atoms with E-state index in [-0.39, 0.29) is 11.4 Å². The van der Waals surface area contributed by atoms with E-state index >= 15 is 0 Å². The van der Waals surface area contributed by atoms with Crippen molar-refractivity contribution in [3.05, 3.63) is 106 Å². The maximum absolute atomic E-state index is 13.5. The van der Waals surface area contributed by atoms with Crippen molar-refractivity contribution < 1.29 is 4.74 Å². The minimum absolute atomic E-state index is 0.226. The number of anilines is 2. The van der Waals surface area contributed by atoms with E-state index in [0.29, 0.717) is 63.2 Å². The minimum Gasteiger partial charge on any atom is -0.494 e. The van der Waals surface area contributed by atoms with Gasteiger partial charge in [0.15, 0.2) is 11.4 Å². The largest absolute Gasteiger partial charge is 0.494 e. The zero-order valence-corrected chi connectivity index (χ0v) is 21.1. The number of methoxy groups -OCH3 is 1. The van der Waals surface area contributed by atoms with Gasteiger partial charge in [0.2, 0.25) is 0 Å². The van der Waals surface area contributed by atoms with Gasteiger partial charge in [0.1, 0.15) is 29.4 Å². The Hall–Kier alpha value is -4.94. The minimum atomic E-state index is -0.232. The van der Waals surface area contributed by atoms with Crippen molar-refractivity contribution in [2.45, 2.75) is 6.42 Å². The Kier molecular flexibility index (Phi) is 7.15. The van der Waals surface area contributed by atoms with Crippen LogP contribution in [0, 0.1) is 11.8 Å². The monoisotopic (exact) mass is 523 g/mol. The summed E-state index contributed by atoms with van der Waals surface area (Å²) in [5, 5.41) is 3.99. The van der Waals surface area contributed by atoms with Gasteiger partial charge in [0.05, 0.1) is 28.7 Å². The highest BCUT2D eigenvalue weighted by Crippen LogP contribution is 2.21. The van der Waals surface area contributed by atoms with Gasteiger partial charge >= 0.3 is 0 Å². The van der Waals surface area contributed by atoms with Crippen LogP contribution in [0.15, 0.2) is 78.0 Å². The summed E-state index contributed by atoms with van der Waals surface area (Å²) in [5.74, 6) is 7.78. The van der Waals surface area contributed by atoms with Crippen molar-refractivity contribution in [3.63, 3.8) is 0 Å². The molecule has 0 aliphatic heterocycles. The number of hydrogen-bond donors (Lipinski definition) is 2. The summed E-state index contributed by atoms with van der Waals surface area (Å²) in [6, 6.07) is 18.1. The highest BCUT2D eigenvalue weighted by Gasteiger charge is 2.15. The van der Waals surface area contributed by atoms with Crippen molar-refractivity contribution in [1.29, 1.82) is 0 Å². The van der Waals surface area contributed by atoms with E-state index in [1.54, 1.807) is 48.2 Å². The number of aromatic nitrogens is 5. The van der Waals surface area contributed by atoms with Crippen molar-refractivity contribution in [1.82, 2.24) is 24.5 Å². The Balaban J connectivity index is 1.47. The van der Waals surface area contributed by atoms with Gasteiger partial charge in [-0.2, -0.15) is 0 Å². The number of nitrogens with one attached hydrogen (secondary N) is 1. The summed E-state index contributed by atoms with van der Waals surface area (Å²) in [5.41, 5.74) is 8.02. The van der Waals surface area contributed by atoms with E-state index in [1.165, 1.54) is 6.33 Å². The second-order valence-corrected chi connectivity index (χ2v) is 8.51. The molecular formula is C28H22ClN7O2. The third-order valence-electron chi connectivity index (χ3n) is 5.74. The third kappa shape index (κ3) is 4.98. The predicted octanol–water partition coefficient (Wildman–Crippen LogP) is 3.87. The van der Waals surface area contributed by atoms with Crippen molar-refractivity contribution in [3.8, 4) is 23.3 Å². The van der Waals surface area contributed by atoms with Crippen LogP contribution in [0.2, 0.25) is 5.02 Å². The molecule has 188 valence electrons. The number of hydrogen-bond acceptors (Lipinski definition) is 8. The van der Waals surface area contributed by atoms with Crippen LogP contribution >= 0.6 is 11.6 Å². The molecule has 0 atom stereocenters. The Labute approximate surface area is 223 Å². The summed E-state index contributed by atoms with van der Waals surface area (Å²) in [4.78, 5) is 30.9. The van der Waals surface area contributed by atoms with E-state index in [2.05, 4.69) is 32.1 Å². The standard InChI is InChI=1S/C28H22ClN7O2/c1-38-23-11-6-15-31-21(23)13-12-19-26(30)33-17-34-27(19)32-16-14-24-35-22-10-5-9-20(29)25(22)28(37)36(24)18-7-3-2-4-8-18/h2-11,15,17H,14,16H2,1H3,(H3,30,32,33,34). The fraction of sp³-hybridized carbons (Fsp3) is 0.107. The Bertz CT molecular complexity index is 1740. The molecule has 0 amide bonds. The van der Waals surface area contributed by atoms with Crippen LogP contribution in [-0.4, -0.2) is 38.2 Å². The van der Waals surface area contributed by atoms with Crippen LogP contribution in [0.4, 0.5) is 11.6 Å². The number of nitrogens with zero attached hydrogens (tertiary/aromatic N) is 5. The number of para-hydroxylation sites is 1. The lowest BCUT2D eigenvalue weighted by Crippen LogP contribution is -2.25. The topological polar surface area (TPSA) is 121 Å². The Morgan fingerprint density at radius 1 is 1.03 bits per heavy atom. The smallest absolute Gasteiger partial charge is 0.267 e. The van der Waals surface area contributed by atoms with E-state index in [1.807, 2.05) is 30.3 Å². The van der Waals surface area contributed by atoms with Crippen LogP contribution in [-0.2, 0) is 6.42 Å². The fourth-order valence-corrected chi connectivity index (χ4v) is 4.22. The number of nitrogens with two attached hydrogens (primary N) is 1. The molecule has 2 aromatic carbocycles. The molecule has 0 saturated heterocycles. The van der Waals surface area contributed by atoms with Crippen LogP contribution < -0.4 is 21.3 Å². The highest BCUT2D eigenvalue weighted by molar-refractivity contribution is 6.35. The molecule has 0 aliphatic carbocycles. The van der Waals surface area contributed by atoms with Gasteiger partial charge in [-0.15, -0.1) is 0 Å². The van der Waals surface area contributed by atoms with Gasteiger partial charge in [-0.25, -0.2) is 19.9 Å². The molecule has 5 aromatic rings. The molecule has 10 heteroatoms. The van der Waals surface area contributed by atoms with Crippen LogP contribution in [0.3, 0.4) is 0 Å². The molecule has 0 spiro atoms. The summed E-state index contributed by atoms with van der Waals surface area (Å²) >= 11 is 6.37. The van der Waals surface area contributed by atoms with Gasteiger partial charge in [-0.3, -0.25) is 9.36 Å². The molecule has 0 radical (unpaired) electrons. The molecule has 0 fully saturated rings. The van der Waals surface area contributed by atoms with Gasteiger partial charge < -0.3 is 15.8 Å².